The molecule has 29 heavy (non-hydrogen) atoms. The van der Waals surface area contributed by atoms with Gasteiger partial charge in [-0.05, 0) is 69.4 Å². The van der Waals surface area contributed by atoms with Crippen LogP contribution in [-0.4, -0.2) is 20.7 Å². The minimum Gasteiger partial charge on any atom is -0.326 e. The van der Waals surface area contributed by atoms with Crippen LogP contribution < -0.4 is 5.32 Å². The highest BCUT2D eigenvalue weighted by molar-refractivity contribution is 5.91. The van der Waals surface area contributed by atoms with E-state index in [2.05, 4.69) is 46.9 Å². The molecule has 2 saturated carbocycles. The van der Waals surface area contributed by atoms with Crippen LogP contribution in [-0.2, 0) is 11.2 Å². The Kier molecular flexibility index (Phi) is 5.75. The molecule has 0 aliphatic heterocycles. The van der Waals surface area contributed by atoms with Gasteiger partial charge in [-0.15, -0.1) is 10.2 Å². The van der Waals surface area contributed by atoms with E-state index >= 15 is 0 Å². The number of anilines is 1. The van der Waals surface area contributed by atoms with Crippen molar-refractivity contribution in [1.29, 1.82) is 0 Å². The minimum atomic E-state index is 0.0458. The van der Waals surface area contributed by atoms with Gasteiger partial charge in [0.1, 0.15) is 11.6 Å². The first kappa shape index (κ1) is 20.1. The molecule has 0 atom stereocenters. The monoisotopic (exact) mass is 394 g/mol. The van der Waals surface area contributed by atoms with Crippen molar-refractivity contribution in [2.75, 3.05) is 5.32 Å². The Balaban J connectivity index is 1.37. The van der Waals surface area contributed by atoms with Crippen molar-refractivity contribution < 1.29 is 4.79 Å². The van der Waals surface area contributed by atoms with E-state index in [0.29, 0.717) is 24.8 Å². The predicted octanol–water partition coefficient (Wildman–Crippen LogP) is 5.34. The minimum absolute atomic E-state index is 0.0458. The molecule has 5 heteroatoms. The molecule has 2 aliphatic rings. The van der Waals surface area contributed by atoms with Gasteiger partial charge in [-0.2, -0.15) is 0 Å². The second-order valence-corrected chi connectivity index (χ2v) is 9.61. The number of aromatic nitrogens is 3. The first-order chi connectivity index (χ1) is 13.9. The van der Waals surface area contributed by atoms with Crippen LogP contribution in [0.15, 0.2) is 18.2 Å². The highest BCUT2D eigenvalue weighted by Crippen LogP contribution is 2.47. The molecule has 2 aliphatic carbocycles. The van der Waals surface area contributed by atoms with Crippen LogP contribution in [0, 0.1) is 25.7 Å². The fourth-order valence-corrected chi connectivity index (χ4v) is 4.71. The van der Waals surface area contributed by atoms with Crippen molar-refractivity contribution in [2.24, 2.45) is 11.8 Å². The second kappa shape index (κ2) is 8.29. The molecule has 0 unspecified atom stereocenters. The molecule has 2 fully saturated rings. The Hall–Kier alpha value is -2.17. The Morgan fingerprint density at radius 2 is 1.97 bits per heavy atom. The normalized spacial score (nSPS) is 21.3. The summed E-state index contributed by atoms with van der Waals surface area (Å²) in [5.41, 5.74) is 3.20. The first-order valence-corrected chi connectivity index (χ1v) is 11.2. The summed E-state index contributed by atoms with van der Waals surface area (Å²) < 4.78 is 2.38. The summed E-state index contributed by atoms with van der Waals surface area (Å²) >= 11 is 0. The number of nitrogens with one attached hydrogen (secondary N) is 1. The number of hydrogen-bond acceptors (Lipinski definition) is 3. The number of aryl methyl sites for hydroxylation is 3. The number of carbonyl (C=O) groups excluding carboxylic acids is 1. The third-order valence-corrected chi connectivity index (χ3v) is 6.34. The van der Waals surface area contributed by atoms with Gasteiger partial charge >= 0.3 is 0 Å². The molecule has 5 nitrogen and oxygen atoms in total. The maximum Gasteiger partial charge on any atom is 0.224 e. The maximum atomic E-state index is 12.5. The largest absolute Gasteiger partial charge is 0.326 e. The zero-order valence-corrected chi connectivity index (χ0v) is 18.2. The van der Waals surface area contributed by atoms with Crippen molar-refractivity contribution in [3.8, 4) is 0 Å². The molecule has 156 valence electrons. The number of carbonyl (C=O) groups is 1. The lowest BCUT2D eigenvalue weighted by Crippen LogP contribution is -2.26. The molecule has 2 aromatic rings. The van der Waals surface area contributed by atoms with E-state index in [0.717, 1.165) is 28.9 Å². The van der Waals surface area contributed by atoms with Gasteiger partial charge in [0, 0.05) is 30.5 Å². The van der Waals surface area contributed by atoms with E-state index in [1.807, 2.05) is 19.1 Å². The number of hydrogen-bond donors (Lipinski definition) is 1. The van der Waals surface area contributed by atoms with Gasteiger partial charge in [0.15, 0.2) is 0 Å². The summed E-state index contributed by atoms with van der Waals surface area (Å²) in [4.78, 5) is 12.5. The van der Waals surface area contributed by atoms with Gasteiger partial charge in [0.25, 0.3) is 0 Å². The number of nitrogens with zero attached hydrogens (tertiary/aromatic N) is 3. The SMILES string of the molecule is Cc1ccc(NC(=O)CCc2nnc([C@H]3C[C@H](CC(C)C)C3)n2C2CC2)c(C)c1. The number of benzene rings is 1. The molecule has 1 aromatic heterocycles. The molecule has 1 aromatic carbocycles. The standard InChI is InChI=1S/C24H34N4O/c1-15(2)11-18-13-19(14-18)24-27-26-22(28(24)20-6-7-20)9-10-23(29)25-21-8-5-16(3)12-17(21)4/h5,8,12,15,18-20H,6-7,9-11,13-14H2,1-4H3,(H,25,29)/t18-,19-. The van der Waals surface area contributed by atoms with Gasteiger partial charge in [-0.3, -0.25) is 4.79 Å². The molecule has 1 amide bonds. The summed E-state index contributed by atoms with van der Waals surface area (Å²) in [5, 5.41) is 12.1. The Morgan fingerprint density at radius 1 is 1.21 bits per heavy atom. The van der Waals surface area contributed by atoms with Crippen LogP contribution in [0.1, 0.15) is 87.1 Å². The lowest BCUT2D eigenvalue weighted by atomic mass is 9.71. The average Bonchev–Trinajstić information content (AvgIpc) is 3.38. The first-order valence-electron chi connectivity index (χ1n) is 11.2. The Labute approximate surface area is 174 Å². The van der Waals surface area contributed by atoms with Crippen molar-refractivity contribution in [3.05, 3.63) is 41.0 Å². The highest BCUT2D eigenvalue weighted by Gasteiger charge is 2.38. The van der Waals surface area contributed by atoms with E-state index < -0.39 is 0 Å². The zero-order chi connectivity index (χ0) is 20.5. The van der Waals surface area contributed by atoms with Crippen LogP contribution in [0.4, 0.5) is 5.69 Å². The second-order valence-electron chi connectivity index (χ2n) is 9.61. The number of amides is 1. The van der Waals surface area contributed by atoms with E-state index in [4.69, 9.17) is 0 Å². The molecular weight excluding hydrogens is 360 g/mol. The smallest absolute Gasteiger partial charge is 0.224 e. The maximum absolute atomic E-state index is 12.5. The average molecular weight is 395 g/mol. The van der Waals surface area contributed by atoms with E-state index in [-0.39, 0.29) is 5.91 Å². The van der Waals surface area contributed by atoms with Crippen LogP contribution in [0.2, 0.25) is 0 Å². The van der Waals surface area contributed by atoms with Crippen molar-refractivity contribution in [3.63, 3.8) is 0 Å². The third kappa shape index (κ3) is 4.71. The van der Waals surface area contributed by atoms with Crippen LogP contribution in [0.3, 0.4) is 0 Å². The molecule has 4 rings (SSSR count). The van der Waals surface area contributed by atoms with Gasteiger partial charge in [0.2, 0.25) is 5.91 Å². The van der Waals surface area contributed by atoms with Crippen LogP contribution >= 0.6 is 0 Å². The Morgan fingerprint density at radius 3 is 2.62 bits per heavy atom. The zero-order valence-electron chi connectivity index (χ0n) is 18.2. The molecule has 1 N–H and O–H groups in total. The lowest BCUT2D eigenvalue weighted by molar-refractivity contribution is -0.116. The molecule has 1 heterocycles. The topological polar surface area (TPSA) is 59.8 Å². The summed E-state index contributed by atoms with van der Waals surface area (Å²) in [7, 11) is 0. The summed E-state index contributed by atoms with van der Waals surface area (Å²) in [6.07, 6.45) is 7.34. The lowest BCUT2D eigenvalue weighted by Gasteiger charge is -2.36. The van der Waals surface area contributed by atoms with E-state index in [9.17, 15) is 4.79 Å². The van der Waals surface area contributed by atoms with Gasteiger partial charge in [-0.25, -0.2) is 0 Å². The Bertz CT molecular complexity index is 875. The van der Waals surface area contributed by atoms with Crippen LogP contribution in [0.5, 0.6) is 0 Å². The molecule has 0 spiro atoms. The van der Waals surface area contributed by atoms with Crippen molar-refractivity contribution >= 4 is 11.6 Å². The fraction of sp³-hybridized carbons (Fsp3) is 0.625. The summed E-state index contributed by atoms with van der Waals surface area (Å²) in [5.74, 6) is 4.39. The van der Waals surface area contributed by atoms with Gasteiger partial charge in [0.05, 0.1) is 0 Å². The molecule has 0 bridgehead atoms. The molecule has 0 radical (unpaired) electrons. The summed E-state index contributed by atoms with van der Waals surface area (Å²) in [6.45, 7) is 8.71. The highest BCUT2D eigenvalue weighted by atomic mass is 16.1. The van der Waals surface area contributed by atoms with Crippen LogP contribution in [0.25, 0.3) is 0 Å². The molecular formula is C24H34N4O. The number of rotatable bonds is 8. The van der Waals surface area contributed by atoms with E-state index in [1.165, 1.54) is 43.5 Å². The quantitative estimate of drug-likeness (QED) is 0.657. The molecule has 0 saturated heterocycles. The van der Waals surface area contributed by atoms with Gasteiger partial charge in [-0.1, -0.05) is 31.5 Å². The van der Waals surface area contributed by atoms with Gasteiger partial charge < -0.3 is 9.88 Å². The summed E-state index contributed by atoms with van der Waals surface area (Å²) in [6, 6.07) is 6.67. The van der Waals surface area contributed by atoms with Crippen molar-refractivity contribution in [2.45, 2.75) is 84.6 Å². The predicted molar refractivity (Wildman–Crippen MR) is 116 cm³/mol. The third-order valence-electron chi connectivity index (χ3n) is 6.34. The van der Waals surface area contributed by atoms with E-state index in [1.54, 1.807) is 0 Å². The van der Waals surface area contributed by atoms with Crippen molar-refractivity contribution in [1.82, 2.24) is 14.8 Å². The fourth-order valence-electron chi connectivity index (χ4n) is 4.71.